The Hall–Kier alpha value is -1.90. The van der Waals surface area contributed by atoms with Gasteiger partial charge in [0, 0.05) is 12.6 Å². The molecular formula is C21H27F3N2O2S. The second kappa shape index (κ2) is 9.28. The molecule has 2 rings (SSSR count). The first-order valence-corrected chi connectivity index (χ1v) is 10.9. The van der Waals surface area contributed by atoms with Crippen molar-refractivity contribution < 1.29 is 21.6 Å². The maximum atomic E-state index is 13.6. The molecule has 8 heteroatoms. The van der Waals surface area contributed by atoms with E-state index in [1.54, 1.807) is 32.9 Å². The molecule has 2 aromatic carbocycles. The summed E-state index contributed by atoms with van der Waals surface area (Å²) in [7, 11) is -4.35. The van der Waals surface area contributed by atoms with Crippen LogP contribution in [0.3, 0.4) is 0 Å². The van der Waals surface area contributed by atoms with Gasteiger partial charge in [0.25, 0.3) is 0 Å². The van der Waals surface area contributed by atoms with Crippen molar-refractivity contribution in [3.63, 3.8) is 0 Å². The summed E-state index contributed by atoms with van der Waals surface area (Å²) in [6.07, 6.45) is -4.17. The van der Waals surface area contributed by atoms with E-state index in [0.717, 1.165) is 11.1 Å². The molecule has 29 heavy (non-hydrogen) atoms. The number of hydrogen-bond acceptors (Lipinski definition) is 3. The first-order chi connectivity index (χ1) is 13.5. The lowest BCUT2D eigenvalue weighted by Crippen LogP contribution is -2.51. The Morgan fingerprint density at radius 1 is 1.00 bits per heavy atom. The van der Waals surface area contributed by atoms with Crippen LogP contribution >= 0.6 is 0 Å². The Morgan fingerprint density at radius 2 is 1.55 bits per heavy atom. The van der Waals surface area contributed by atoms with Gasteiger partial charge in [-0.15, -0.1) is 0 Å². The van der Waals surface area contributed by atoms with E-state index in [2.05, 4.69) is 5.32 Å². The van der Waals surface area contributed by atoms with E-state index in [1.807, 2.05) is 42.0 Å². The van der Waals surface area contributed by atoms with Crippen LogP contribution < -0.4 is 10.0 Å². The Labute approximate surface area is 170 Å². The lowest BCUT2D eigenvalue weighted by molar-refractivity contribution is -0.150. The van der Waals surface area contributed by atoms with Gasteiger partial charge in [0.2, 0.25) is 10.0 Å². The summed E-state index contributed by atoms with van der Waals surface area (Å²) in [5, 5.41) is 2.86. The predicted molar refractivity (Wildman–Crippen MR) is 108 cm³/mol. The average molecular weight is 429 g/mol. The van der Waals surface area contributed by atoms with Gasteiger partial charge >= 0.3 is 6.18 Å². The van der Waals surface area contributed by atoms with Crippen LogP contribution in [0.25, 0.3) is 0 Å². The van der Waals surface area contributed by atoms with Crippen molar-refractivity contribution in [2.45, 2.75) is 57.3 Å². The maximum absolute atomic E-state index is 13.6. The van der Waals surface area contributed by atoms with E-state index in [4.69, 9.17) is 0 Å². The summed E-state index contributed by atoms with van der Waals surface area (Å²) >= 11 is 0. The van der Waals surface area contributed by atoms with E-state index in [0.29, 0.717) is 17.5 Å². The van der Waals surface area contributed by atoms with Crippen molar-refractivity contribution in [2.75, 3.05) is 6.54 Å². The molecule has 0 saturated carbocycles. The van der Waals surface area contributed by atoms with Gasteiger partial charge in [-0.3, -0.25) is 0 Å². The van der Waals surface area contributed by atoms with E-state index in [9.17, 15) is 21.6 Å². The summed E-state index contributed by atoms with van der Waals surface area (Å²) in [6.45, 7) is 6.26. The molecule has 0 aliphatic rings. The highest BCUT2D eigenvalue weighted by atomic mass is 32.2. The normalized spacial score (nSPS) is 14.6. The number of hydrogen-bond donors (Lipinski definition) is 2. The van der Waals surface area contributed by atoms with Crippen molar-refractivity contribution in [1.29, 1.82) is 0 Å². The molecule has 2 unspecified atom stereocenters. The van der Waals surface area contributed by atoms with Crippen molar-refractivity contribution >= 4 is 10.0 Å². The summed E-state index contributed by atoms with van der Waals surface area (Å²) < 4.78 is 68.3. The quantitative estimate of drug-likeness (QED) is 0.648. The fraction of sp³-hybridized carbons (Fsp3) is 0.429. The first kappa shape index (κ1) is 23.4. The smallest absolute Gasteiger partial charge is 0.308 e. The van der Waals surface area contributed by atoms with Gasteiger partial charge in [-0.1, -0.05) is 55.0 Å². The molecule has 0 heterocycles. The number of nitrogens with one attached hydrogen (secondary N) is 2. The number of sulfonamides is 1. The molecule has 2 atom stereocenters. The van der Waals surface area contributed by atoms with Gasteiger partial charge in [0.05, 0.1) is 4.90 Å². The number of rotatable bonds is 8. The topological polar surface area (TPSA) is 58.2 Å². The third-order valence-electron chi connectivity index (χ3n) is 4.74. The Bertz CT molecular complexity index is 906. The second-order valence-corrected chi connectivity index (χ2v) is 8.87. The molecule has 2 N–H and O–H groups in total. The van der Waals surface area contributed by atoms with Crippen LogP contribution in [0.2, 0.25) is 0 Å². The molecule has 2 aromatic rings. The van der Waals surface area contributed by atoms with E-state index >= 15 is 0 Å². The van der Waals surface area contributed by atoms with Crippen molar-refractivity contribution in [1.82, 2.24) is 10.0 Å². The van der Waals surface area contributed by atoms with Crippen LogP contribution in [0.15, 0.2) is 47.4 Å². The zero-order chi connectivity index (χ0) is 21.8. The molecule has 0 aromatic heterocycles. The van der Waals surface area contributed by atoms with Crippen LogP contribution in [-0.2, 0) is 10.0 Å². The summed E-state index contributed by atoms with van der Waals surface area (Å²) in [5.41, 5.74) is 2.53. The monoisotopic (exact) mass is 428 g/mol. The molecule has 0 bridgehead atoms. The van der Waals surface area contributed by atoms with Crippen molar-refractivity contribution in [3.05, 3.63) is 64.7 Å². The van der Waals surface area contributed by atoms with Gasteiger partial charge in [-0.05, 0) is 43.9 Å². The molecule has 160 valence electrons. The molecule has 0 spiro atoms. The minimum absolute atomic E-state index is 0.104. The van der Waals surface area contributed by atoms with Crippen LogP contribution in [-0.4, -0.2) is 27.2 Å². The maximum Gasteiger partial charge on any atom is 0.406 e. The lowest BCUT2D eigenvalue weighted by atomic mass is 10.0. The fourth-order valence-corrected chi connectivity index (χ4v) is 5.18. The number of benzene rings is 2. The number of halogens is 3. The van der Waals surface area contributed by atoms with Crippen molar-refractivity contribution in [2.24, 2.45) is 0 Å². The molecule has 0 aliphatic heterocycles. The molecule has 0 saturated heterocycles. The molecular weight excluding hydrogens is 401 g/mol. The largest absolute Gasteiger partial charge is 0.406 e. The van der Waals surface area contributed by atoms with E-state index < -0.39 is 28.8 Å². The summed E-state index contributed by atoms with van der Waals surface area (Å²) in [6, 6.07) is 9.84. The van der Waals surface area contributed by atoms with Crippen molar-refractivity contribution in [3.8, 4) is 0 Å². The van der Waals surface area contributed by atoms with Crippen LogP contribution in [0.5, 0.6) is 0 Å². The Kier molecular flexibility index (Phi) is 7.48. The zero-order valence-corrected chi connectivity index (χ0v) is 17.8. The van der Waals surface area contributed by atoms with Gasteiger partial charge in [0.1, 0.15) is 6.04 Å². The predicted octanol–water partition coefficient (Wildman–Crippen LogP) is 4.56. The molecule has 0 radical (unpaired) electrons. The van der Waals surface area contributed by atoms with Crippen LogP contribution in [0.1, 0.15) is 41.6 Å². The number of alkyl halides is 3. The van der Waals surface area contributed by atoms with Crippen LogP contribution in [0, 0.1) is 20.8 Å². The highest BCUT2D eigenvalue weighted by Crippen LogP contribution is 2.26. The zero-order valence-electron chi connectivity index (χ0n) is 17.0. The SMILES string of the molecule is CCC(NCC(NS(=O)(=O)c1c(C)cc(C)cc1C)C(F)(F)F)c1ccccc1. The minimum atomic E-state index is -4.73. The van der Waals surface area contributed by atoms with E-state index in [1.165, 1.54) is 0 Å². The van der Waals surface area contributed by atoms with Gasteiger partial charge in [0.15, 0.2) is 0 Å². The van der Waals surface area contributed by atoms with Gasteiger partial charge in [-0.2, -0.15) is 17.9 Å². The standard InChI is InChI=1S/C21H27F3N2O2S/c1-5-18(17-9-7-6-8-10-17)25-13-19(21(22,23)24)26-29(27,28)20-15(3)11-14(2)12-16(20)4/h6-12,18-19,25-26H,5,13H2,1-4H3. The number of aryl methyl sites for hydroxylation is 3. The molecule has 0 fully saturated rings. The Morgan fingerprint density at radius 3 is 2.03 bits per heavy atom. The van der Waals surface area contributed by atoms with Gasteiger partial charge in [-0.25, -0.2) is 8.42 Å². The third kappa shape index (κ3) is 6.04. The highest BCUT2D eigenvalue weighted by molar-refractivity contribution is 7.89. The lowest BCUT2D eigenvalue weighted by Gasteiger charge is -2.26. The first-order valence-electron chi connectivity index (χ1n) is 9.41. The molecule has 4 nitrogen and oxygen atoms in total. The summed E-state index contributed by atoms with van der Waals surface area (Å²) in [4.78, 5) is -0.104. The van der Waals surface area contributed by atoms with Crippen LogP contribution in [0.4, 0.5) is 13.2 Å². The second-order valence-electron chi connectivity index (χ2n) is 7.22. The average Bonchev–Trinajstić information content (AvgIpc) is 2.60. The highest BCUT2D eigenvalue weighted by Gasteiger charge is 2.42. The third-order valence-corrected chi connectivity index (χ3v) is 6.52. The fourth-order valence-electron chi connectivity index (χ4n) is 3.50. The Balaban J connectivity index is 2.25. The van der Waals surface area contributed by atoms with Gasteiger partial charge < -0.3 is 5.32 Å². The summed E-state index contributed by atoms with van der Waals surface area (Å²) in [5.74, 6) is 0. The molecule has 0 amide bonds. The van der Waals surface area contributed by atoms with E-state index in [-0.39, 0.29) is 10.9 Å². The molecule has 0 aliphatic carbocycles. The minimum Gasteiger partial charge on any atom is -0.308 e.